The molecule has 2 amide bonds. The van der Waals surface area contributed by atoms with Gasteiger partial charge in [0.1, 0.15) is 18.3 Å². The van der Waals surface area contributed by atoms with Gasteiger partial charge in [0.15, 0.2) is 0 Å². The van der Waals surface area contributed by atoms with E-state index in [-0.39, 0.29) is 23.8 Å². The first-order chi connectivity index (χ1) is 22.0. The number of carbonyl (C=O) groups is 2. The summed E-state index contributed by atoms with van der Waals surface area (Å²) in [6.45, 7) is 7.70. The van der Waals surface area contributed by atoms with Crippen molar-refractivity contribution in [1.82, 2.24) is 10.2 Å². The van der Waals surface area contributed by atoms with Crippen LogP contribution in [0.5, 0.6) is 5.75 Å². The van der Waals surface area contributed by atoms with Crippen LogP contribution in [0.15, 0.2) is 102 Å². The van der Waals surface area contributed by atoms with Crippen molar-refractivity contribution in [3.63, 3.8) is 0 Å². The highest BCUT2D eigenvalue weighted by Gasteiger charge is 2.34. The highest BCUT2D eigenvalue weighted by Crippen LogP contribution is 2.27. The molecule has 0 heterocycles. The molecule has 242 valence electrons. The number of nitrogens with one attached hydrogen (secondary N) is 1. The van der Waals surface area contributed by atoms with Crippen molar-refractivity contribution >= 4 is 27.5 Å². The fraction of sp³-hybridized carbons (Fsp3) is 0.297. The van der Waals surface area contributed by atoms with Crippen molar-refractivity contribution in [2.24, 2.45) is 0 Å². The number of benzene rings is 4. The Kier molecular flexibility index (Phi) is 11.6. The van der Waals surface area contributed by atoms with Crippen LogP contribution < -0.4 is 14.4 Å². The minimum Gasteiger partial charge on any atom is -0.497 e. The number of methoxy groups -OCH3 is 1. The van der Waals surface area contributed by atoms with Crippen LogP contribution in [0.4, 0.5) is 5.69 Å². The SMILES string of the molecule is CCCNC(=O)[C@@H](Cc1ccccc1)N(Cc1cccc(OC)c1)C(=O)CN(c1ccc(C)c(C)c1)S(=O)(=O)c1ccc(C)cc1. The molecule has 0 aromatic heterocycles. The van der Waals surface area contributed by atoms with E-state index >= 15 is 0 Å². The Bertz CT molecular complexity index is 1740. The lowest BCUT2D eigenvalue weighted by molar-refractivity contribution is -0.140. The van der Waals surface area contributed by atoms with Crippen LogP contribution in [0, 0.1) is 20.8 Å². The summed E-state index contributed by atoms with van der Waals surface area (Å²) < 4.78 is 35.0. The zero-order chi connectivity index (χ0) is 33.3. The van der Waals surface area contributed by atoms with Crippen molar-refractivity contribution in [3.05, 3.63) is 125 Å². The summed E-state index contributed by atoms with van der Waals surface area (Å²) in [6.07, 6.45) is 0.976. The van der Waals surface area contributed by atoms with Crippen molar-refractivity contribution < 1.29 is 22.7 Å². The van der Waals surface area contributed by atoms with Gasteiger partial charge in [-0.25, -0.2) is 8.42 Å². The maximum Gasteiger partial charge on any atom is 0.264 e. The normalized spacial score (nSPS) is 11.8. The van der Waals surface area contributed by atoms with Gasteiger partial charge in [-0.15, -0.1) is 0 Å². The third-order valence-electron chi connectivity index (χ3n) is 7.97. The average Bonchev–Trinajstić information content (AvgIpc) is 3.06. The lowest BCUT2D eigenvalue weighted by Crippen LogP contribution is -2.53. The molecule has 9 heteroatoms. The topological polar surface area (TPSA) is 96.0 Å². The number of amides is 2. The van der Waals surface area contributed by atoms with E-state index in [1.807, 2.05) is 82.3 Å². The molecule has 0 aliphatic carbocycles. The first-order valence-electron chi connectivity index (χ1n) is 15.4. The van der Waals surface area contributed by atoms with E-state index in [0.717, 1.165) is 38.5 Å². The highest BCUT2D eigenvalue weighted by atomic mass is 32.2. The molecule has 0 fully saturated rings. The zero-order valence-corrected chi connectivity index (χ0v) is 28.0. The quantitative estimate of drug-likeness (QED) is 0.183. The highest BCUT2D eigenvalue weighted by molar-refractivity contribution is 7.92. The molecule has 0 radical (unpaired) electrons. The van der Waals surface area contributed by atoms with Gasteiger partial charge in [-0.1, -0.05) is 73.2 Å². The molecule has 0 unspecified atom stereocenters. The van der Waals surface area contributed by atoms with Crippen molar-refractivity contribution in [1.29, 1.82) is 0 Å². The number of carbonyl (C=O) groups excluding carboxylic acids is 2. The Morgan fingerprint density at radius 2 is 1.52 bits per heavy atom. The van der Waals surface area contributed by atoms with Gasteiger partial charge in [0.25, 0.3) is 10.0 Å². The molecular weight excluding hydrogens is 598 g/mol. The summed E-state index contributed by atoms with van der Waals surface area (Å²) in [5.74, 6) is -0.205. The Morgan fingerprint density at radius 1 is 0.826 bits per heavy atom. The molecule has 1 atom stereocenters. The predicted molar refractivity (Wildman–Crippen MR) is 182 cm³/mol. The lowest BCUT2D eigenvalue weighted by atomic mass is 10.0. The number of hydrogen-bond acceptors (Lipinski definition) is 5. The van der Waals surface area contributed by atoms with Crippen LogP contribution in [0.1, 0.15) is 41.2 Å². The molecule has 0 bridgehead atoms. The molecule has 4 aromatic carbocycles. The van der Waals surface area contributed by atoms with Gasteiger partial charge >= 0.3 is 0 Å². The zero-order valence-electron chi connectivity index (χ0n) is 27.2. The summed E-state index contributed by atoms with van der Waals surface area (Å²) in [5, 5.41) is 2.97. The van der Waals surface area contributed by atoms with Crippen molar-refractivity contribution in [3.8, 4) is 5.75 Å². The Morgan fingerprint density at radius 3 is 2.17 bits per heavy atom. The second-order valence-electron chi connectivity index (χ2n) is 11.5. The van der Waals surface area contributed by atoms with Gasteiger partial charge in [-0.2, -0.15) is 0 Å². The monoisotopic (exact) mass is 641 g/mol. The molecule has 0 aliphatic rings. The Hall–Kier alpha value is -4.63. The van der Waals surface area contributed by atoms with Crippen molar-refractivity contribution in [2.75, 3.05) is 24.5 Å². The average molecular weight is 642 g/mol. The van der Waals surface area contributed by atoms with E-state index in [1.54, 1.807) is 49.6 Å². The number of ether oxygens (including phenoxy) is 1. The largest absolute Gasteiger partial charge is 0.497 e. The van der Waals surface area contributed by atoms with Crippen LogP contribution in [0.2, 0.25) is 0 Å². The standard InChI is InChI=1S/C37H43N3O5S/c1-6-21-38-37(42)35(24-30-11-8-7-9-12-30)39(25-31-13-10-14-33(23-31)45-5)36(41)26-40(32-18-17-28(3)29(4)22-32)46(43,44)34-19-15-27(2)16-20-34/h7-20,22-23,35H,6,21,24-26H2,1-5H3,(H,38,42)/t35-/m1/s1. The second-order valence-corrected chi connectivity index (χ2v) is 13.3. The molecule has 0 saturated carbocycles. The Labute approximate surface area is 273 Å². The molecule has 8 nitrogen and oxygen atoms in total. The number of sulfonamides is 1. The molecule has 46 heavy (non-hydrogen) atoms. The van der Waals surface area contributed by atoms with Gasteiger partial charge < -0.3 is 15.0 Å². The van der Waals surface area contributed by atoms with Crippen molar-refractivity contribution in [2.45, 2.75) is 58.0 Å². The fourth-order valence-electron chi connectivity index (χ4n) is 5.13. The minimum absolute atomic E-state index is 0.0679. The van der Waals surface area contributed by atoms with Gasteiger partial charge in [0.05, 0.1) is 17.7 Å². The summed E-state index contributed by atoms with van der Waals surface area (Å²) in [7, 11) is -2.60. The van der Waals surface area contributed by atoms with E-state index in [1.165, 1.54) is 4.90 Å². The van der Waals surface area contributed by atoms with Crippen LogP contribution in [-0.4, -0.2) is 51.4 Å². The van der Waals surface area contributed by atoms with Gasteiger partial charge in [0.2, 0.25) is 11.8 Å². The lowest BCUT2D eigenvalue weighted by Gasteiger charge is -2.34. The van der Waals surface area contributed by atoms with Crippen LogP contribution in [0.3, 0.4) is 0 Å². The third-order valence-corrected chi connectivity index (χ3v) is 9.76. The van der Waals surface area contributed by atoms with Crippen LogP contribution in [-0.2, 0) is 32.6 Å². The smallest absolute Gasteiger partial charge is 0.264 e. The first-order valence-corrected chi connectivity index (χ1v) is 16.9. The molecule has 0 spiro atoms. The molecular formula is C37H43N3O5S. The minimum atomic E-state index is -4.17. The molecule has 4 rings (SSSR count). The van der Waals surface area contributed by atoms with E-state index in [9.17, 15) is 18.0 Å². The summed E-state index contributed by atoms with van der Waals surface area (Å²) in [5.41, 5.74) is 4.79. The van der Waals surface area contributed by atoms with E-state index in [2.05, 4.69) is 5.32 Å². The number of hydrogen-bond donors (Lipinski definition) is 1. The van der Waals surface area contributed by atoms with Gasteiger partial charge in [-0.3, -0.25) is 13.9 Å². The maximum absolute atomic E-state index is 14.6. The number of anilines is 1. The molecule has 4 aromatic rings. The molecule has 1 N–H and O–H groups in total. The third kappa shape index (κ3) is 8.54. The number of nitrogens with zero attached hydrogens (tertiary/aromatic N) is 2. The maximum atomic E-state index is 14.6. The van der Waals surface area contributed by atoms with Gasteiger partial charge in [0, 0.05) is 19.5 Å². The summed E-state index contributed by atoms with van der Waals surface area (Å²) >= 11 is 0. The van der Waals surface area contributed by atoms with E-state index < -0.39 is 28.5 Å². The van der Waals surface area contributed by atoms with E-state index in [4.69, 9.17) is 4.74 Å². The van der Waals surface area contributed by atoms with Crippen LogP contribution in [0.25, 0.3) is 0 Å². The van der Waals surface area contributed by atoms with Crippen LogP contribution >= 0.6 is 0 Å². The van der Waals surface area contributed by atoms with E-state index in [0.29, 0.717) is 18.0 Å². The second kappa shape index (κ2) is 15.6. The number of rotatable bonds is 14. The van der Waals surface area contributed by atoms with Gasteiger partial charge in [-0.05, 0) is 85.8 Å². The first kappa shape index (κ1) is 34.2. The fourth-order valence-corrected chi connectivity index (χ4v) is 6.54. The molecule has 0 aliphatic heterocycles. The Balaban J connectivity index is 1.82. The predicted octanol–water partition coefficient (Wildman–Crippen LogP) is 5.98. The summed E-state index contributed by atoms with van der Waals surface area (Å²) in [6, 6.07) is 27.8. The number of aryl methyl sites for hydroxylation is 3. The molecule has 0 saturated heterocycles. The summed E-state index contributed by atoms with van der Waals surface area (Å²) in [4.78, 5) is 29.9.